The van der Waals surface area contributed by atoms with E-state index >= 15 is 0 Å². The Morgan fingerprint density at radius 3 is 2.15 bits per heavy atom. The Morgan fingerprint density at radius 1 is 0.926 bits per heavy atom. The van der Waals surface area contributed by atoms with E-state index in [4.69, 9.17) is 5.11 Å². The fourth-order valence-corrected chi connectivity index (χ4v) is 4.55. The molecule has 1 aromatic heterocycles. The van der Waals surface area contributed by atoms with Crippen LogP contribution in [0.5, 0.6) is 0 Å². The van der Waals surface area contributed by atoms with Gasteiger partial charge in [0.2, 0.25) is 0 Å². The van der Waals surface area contributed by atoms with E-state index in [1.165, 1.54) is 45.2 Å². The molecule has 0 unspecified atom stereocenters. The predicted molar refractivity (Wildman–Crippen MR) is 108 cm³/mol. The standard InChI is InChI=1S/C20H30N4O.CH4O/c25-20(17-6-7-19(21-16-17)23-12-4-5-13-23)24-14-8-18(9-15-24)22-10-2-1-3-11-22;1-2/h6-7,16,18H,1-5,8-15H2;2H,1H3. The average molecular weight is 375 g/mol. The van der Waals surface area contributed by atoms with Crippen molar-refractivity contribution in [3.05, 3.63) is 23.9 Å². The second-order valence-electron chi connectivity index (χ2n) is 7.72. The molecule has 0 spiro atoms. The highest BCUT2D eigenvalue weighted by Crippen LogP contribution is 2.23. The zero-order valence-electron chi connectivity index (χ0n) is 16.6. The number of amides is 1. The van der Waals surface area contributed by atoms with E-state index in [1.807, 2.05) is 17.0 Å². The summed E-state index contributed by atoms with van der Waals surface area (Å²) < 4.78 is 0. The molecule has 1 amide bonds. The summed E-state index contributed by atoms with van der Waals surface area (Å²) >= 11 is 0. The number of hydrogen-bond acceptors (Lipinski definition) is 5. The minimum atomic E-state index is 0.151. The summed E-state index contributed by atoms with van der Waals surface area (Å²) in [7, 11) is 1.00. The number of likely N-dealkylation sites (tertiary alicyclic amines) is 2. The smallest absolute Gasteiger partial charge is 0.255 e. The number of rotatable bonds is 3. The van der Waals surface area contributed by atoms with Crippen LogP contribution in [0, 0.1) is 0 Å². The number of aromatic nitrogens is 1. The third-order valence-corrected chi connectivity index (χ3v) is 6.08. The van der Waals surface area contributed by atoms with Crippen LogP contribution in [0.2, 0.25) is 0 Å². The van der Waals surface area contributed by atoms with E-state index < -0.39 is 0 Å². The number of aliphatic hydroxyl groups excluding tert-OH is 1. The van der Waals surface area contributed by atoms with Crippen molar-refractivity contribution >= 4 is 11.7 Å². The number of hydrogen-bond donors (Lipinski definition) is 1. The monoisotopic (exact) mass is 374 g/mol. The number of aliphatic hydroxyl groups is 1. The molecule has 0 saturated carbocycles. The minimum absolute atomic E-state index is 0.151. The van der Waals surface area contributed by atoms with Gasteiger partial charge in [-0.05, 0) is 63.7 Å². The van der Waals surface area contributed by atoms with Gasteiger partial charge in [0.1, 0.15) is 5.82 Å². The van der Waals surface area contributed by atoms with Crippen LogP contribution in [0.1, 0.15) is 55.3 Å². The van der Waals surface area contributed by atoms with Gasteiger partial charge in [-0.15, -0.1) is 0 Å². The normalized spacial score (nSPS) is 21.7. The Morgan fingerprint density at radius 2 is 1.56 bits per heavy atom. The van der Waals surface area contributed by atoms with E-state index in [1.54, 1.807) is 6.20 Å². The first kappa shape index (κ1) is 20.1. The molecule has 150 valence electrons. The molecule has 27 heavy (non-hydrogen) atoms. The second-order valence-corrected chi connectivity index (χ2v) is 7.72. The lowest BCUT2D eigenvalue weighted by Crippen LogP contribution is -2.48. The van der Waals surface area contributed by atoms with Crippen molar-refractivity contribution in [1.29, 1.82) is 0 Å². The Bertz CT molecular complexity index is 572. The fourth-order valence-electron chi connectivity index (χ4n) is 4.55. The number of carbonyl (C=O) groups excluding carboxylic acids is 1. The van der Waals surface area contributed by atoms with Crippen LogP contribution >= 0.6 is 0 Å². The minimum Gasteiger partial charge on any atom is -0.400 e. The molecule has 0 aromatic carbocycles. The van der Waals surface area contributed by atoms with Crippen LogP contribution in [0.15, 0.2) is 18.3 Å². The Kier molecular flexibility index (Phi) is 7.47. The summed E-state index contributed by atoms with van der Waals surface area (Å²) in [6, 6.07) is 4.65. The molecular formula is C21H34N4O2. The summed E-state index contributed by atoms with van der Waals surface area (Å²) in [4.78, 5) is 24.3. The van der Waals surface area contributed by atoms with Gasteiger partial charge < -0.3 is 19.8 Å². The summed E-state index contributed by atoms with van der Waals surface area (Å²) in [5.41, 5.74) is 0.736. The van der Waals surface area contributed by atoms with Crippen molar-refractivity contribution in [2.45, 2.75) is 51.0 Å². The van der Waals surface area contributed by atoms with Crippen LogP contribution in [-0.2, 0) is 0 Å². The van der Waals surface area contributed by atoms with Crippen LogP contribution in [0.3, 0.4) is 0 Å². The second kappa shape index (κ2) is 10.0. The Labute approximate surface area is 163 Å². The van der Waals surface area contributed by atoms with Crippen LogP contribution in [0.25, 0.3) is 0 Å². The molecule has 3 saturated heterocycles. The Balaban J connectivity index is 0.00000102. The number of nitrogens with zero attached hydrogens (tertiary/aromatic N) is 4. The quantitative estimate of drug-likeness (QED) is 0.880. The first-order chi connectivity index (χ1) is 13.3. The largest absolute Gasteiger partial charge is 0.400 e. The predicted octanol–water partition coefficient (Wildman–Crippen LogP) is 2.38. The lowest BCUT2D eigenvalue weighted by atomic mass is 9.99. The van der Waals surface area contributed by atoms with Crippen molar-refractivity contribution < 1.29 is 9.90 Å². The maximum atomic E-state index is 12.8. The van der Waals surface area contributed by atoms with Gasteiger partial charge in [0.05, 0.1) is 5.56 Å². The van der Waals surface area contributed by atoms with Crippen molar-refractivity contribution in [1.82, 2.24) is 14.8 Å². The topological polar surface area (TPSA) is 59.9 Å². The molecule has 0 atom stereocenters. The molecule has 4 heterocycles. The molecule has 1 aromatic rings. The van der Waals surface area contributed by atoms with Gasteiger partial charge in [-0.2, -0.15) is 0 Å². The fraction of sp³-hybridized carbons (Fsp3) is 0.714. The van der Waals surface area contributed by atoms with Gasteiger partial charge in [0, 0.05) is 45.5 Å². The van der Waals surface area contributed by atoms with Crippen LogP contribution < -0.4 is 4.90 Å². The molecule has 4 rings (SSSR count). The van der Waals surface area contributed by atoms with Crippen molar-refractivity contribution in [3.63, 3.8) is 0 Å². The van der Waals surface area contributed by atoms with E-state index in [2.05, 4.69) is 14.8 Å². The number of piperidine rings is 2. The summed E-state index contributed by atoms with van der Waals surface area (Å²) in [5, 5.41) is 7.00. The first-order valence-electron chi connectivity index (χ1n) is 10.5. The van der Waals surface area contributed by atoms with E-state index in [-0.39, 0.29) is 5.91 Å². The highest BCUT2D eigenvalue weighted by Gasteiger charge is 2.28. The van der Waals surface area contributed by atoms with Crippen molar-refractivity contribution in [3.8, 4) is 0 Å². The summed E-state index contributed by atoms with van der Waals surface area (Å²) in [5.74, 6) is 1.16. The number of anilines is 1. The average Bonchev–Trinajstić information content (AvgIpc) is 3.31. The molecule has 1 N–H and O–H groups in total. The van der Waals surface area contributed by atoms with Crippen molar-refractivity contribution in [2.24, 2.45) is 0 Å². The van der Waals surface area contributed by atoms with E-state index in [0.29, 0.717) is 6.04 Å². The highest BCUT2D eigenvalue weighted by atomic mass is 16.2. The van der Waals surface area contributed by atoms with Gasteiger partial charge in [0.15, 0.2) is 0 Å². The maximum absolute atomic E-state index is 12.8. The third-order valence-electron chi connectivity index (χ3n) is 6.08. The zero-order chi connectivity index (χ0) is 19.1. The van der Waals surface area contributed by atoms with Crippen LogP contribution in [-0.4, -0.2) is 78.2 Å². The number of pyridine rings is 1. The molecule has 3 aliphatic heterocycles. The molecule has 0 radical (unpaired) electrons. The third kappa shape index (κ3) is 4.99. The molecule has 0 bridgehead atoms. The first-order valence-corrected chi connectivity index (χ1v) is 10.5. The van der Waals surface area contributed by atoms with Gasteiger partial charge >= 0.3 is 0 Å². The maximum Gasteiger partial charge on any atom is 0.255 e. The lowest BCUT2D eigenvalue weighted by Gasteiger charge is -2.40. The summed E-state index contributed by atoms with van der Waals surface area (Å²) in [6.45, 7) is 6.44. The molecule has 6 nitrogen and oxygen atoms in total. The zero-order valence-corrected chi connectivity index (χ0v) is 16.6. The van der Waals surface area contributed by atoms with Crippen molar-refractivity contribution in [2.75, 3.05) is 51.3 Å². The number of carbonyl (C=O) groups is 1. The van der Waals surface area contributed by atoms with Crippen LogP contribution in [0.4, 0.5) is 5.82 Å². The highest BCUT2D eigenvalue weighted by molar-refractivity contribution is 5.94. The summed E-state index contributed by atoms with van der Waals surface area (Å²) in [6.07, 6.45) is 10.6. The molecule has 6 heteroatoms. The van der Waals surface area contributed by atoms with E-state index in [9.17, 15) is 4.79 Å². The van der Waals surface area contributed by atoms with Gasteiger partial charge in [0.25, 0.3) is 5.91 Å². The molecular weight excluding hydrogens is 340 g/mol. The van der Waals surface area contributed by atoms with Gasteiger partial charge in [-0.3, -0.25) is 4.79 Å². The lowest BCUT2D eigenvalue weighted by molar-refractivity contribution is 0.0589. The Hall–Kier alpha value is -1.66. The molecule has 3 aliphatic rings. The molecule has 0 aliphatic carbocycles. The van der Waals surface area contributed by atoms with Gasteiger partial charge in [-0.25, -0.2) is 4.98 Å². The van der Waals surface area contributed by atoms with E-state index in [0.717, 1.165) is 57.5 Å². The SMILES string of the molecule is CO.O=C(c1ccc(N2CCCC2)nc1)N1CCC(N2CCCCC2)CC1. The van der Waals surface area contributed by atoms with Gasteiger partial charge in [-0.1, -0.05) is 6.42 Å². The molecule has 3 fully saturated rings.